The standard InChI is InChI=1S/C16H20O3/c1-2-3-9-19-15-6-4-14(5-7-15)16(17)11-13-8-10-18-12-13/h4-8,10,12,16-17H,2-3,9,11H2,1H3. The summed E-state index contributed by atoms with van der Waals surface area (Å²) in [6.07, 6.45) is 5.51. The highest BCUT2D eigenvalue weighted by molar-refractivity contribution is 5.29. The summed E-state index contributed by atoms with van der Waals surface area (Å²) in [5.74, 6) is 0.854. The van der Waals surface area contributed by atoms with Crippen LogP contribution < -0.4 is 4.74 Å². The number of aliphatic hydroxyl groups is 1. The monoisotopic (exact) mass is 260 g/mol. The Labute approximate surface area is 113 Å². The molecule has 3 heteroatoms. The van der Waals surface area contributed by atoms with Gasteiger partial charge in [-0.15, -0.1) is 0 Å². The molecular formula is C16H20O3. The molecule has 0 bridgehead atoms. The third-order valence-electron chi connectivity index (χ3n) is 3.04. The van der Waals surface area contributed by atoms with Crippen molar-refractivity contribution in [3.63, 3.8) is 0 Å². The van der Waals surface area contributed by atoms with Crippen molar-refractivity contribution in [2.24, 2.45) is 0 Å². The number of rotatable bonds is 7. The van der Waals surface area contributed by atoms with Crippen LogP contribution in [0.25, 0.3) is 0 Å². The third kappa shape index (κ3) is 4.14. The molecule has 1 N–H and O–H groups in total. The molecule has 2 rings (SSSR count). The highest BCUT2D eigenvalue weighted by Gasteiger charge is 2.09. The Balaban J connectivity index is 1.90. The van der Waals surface area contributed by atoms with Crippen molar-refractivity contribution in [1.82, 2.24) is 0 Å². The summed E-state index contributed by atoms with van der Waals surface area (Å²) in [4.78, 5) is 0. The first kappa shape index (κ1) is 13.7. The van der Waals surface area contributed by atoms with Crippen LogP contribution in [0.3, 0.4) is 0 Å². The molecule has 102 valence electrons. The Morgan fingerprint density at radius 2 is 2.00 bits per heavy atom. The largest absolute Gasteiger partial charge is 0.494 e. The van der Waals surface area contributed by atoms with Crippen LogP contribution in [0.1, 0.15) is 37.0 Å². The van der Waals surface area contributed by atoms with Gasteiger partial charge in [0.2, 0.25) is 0 Å². The summed E-state index contributed by atoms with van der Waals surface area (Å²) >= 11 is 0. The van der Waals surface area contributed by atoms with Gasteiger partial charge in [0.15, 0.2) is 0 Å². The summed E-state index contributed by atoms with van der Waals surface area (Å²) in [7, 11) is 0. The lowest BCUT2D eigenvalue weighted by molar-refractivity contribution is 0.178. The van der Waals surface area contributed by atoms with E-state index in [9.17, 15) is 5.11 Å². The van der Waals surface area contributed by atoms with Crippen LogP contribution in [0.4, 0.5) is 0 Å². The van der Waals surface area contributed by atoms with E-state index in [4.69, 9.17) is 9.15 Å². The second kappa shape index (κ2) is 7.00. The summed E-state index contributed by atoms with van der Waals surface area (Å²) in [5.41, 5.74) is 1.89. The van der Waals surface area contributed by atoms with Crippen LogP contribution >= 0.6 is 0 Å². The molecule has 3 nitrogen and oxygen atoms in total. The Bertz CT molecular complexity index is 459. The summed E-state index contributed by atoms with van der Waals surface area (Å²) in [5, 5.41) is 10.1. The van der Waals surface area contributed by atoms with E-state index < -0.39 is 6.10 Å². The van der Waals surface area contributed by atoms with Gasteiger partial charge in [-0.1, -0.05) is 25.5 Å². The molecule has 19 heavy (non-hydrogen) atoms. The Hall–Kier alpha value is -1.74. The highest BCUT2D eigenvalue weighted by atomic mass is 16.5. The first-order valence-electron chi connectivity index (χ1n) is 6.71. The number of benzene rings is 1. The quantitative estimate of drug-likeness (QED) is 0.771. The predicted octanol–water partition coefficient (Wildman–Crippen LogP) is 3.73. The number of furan rings is 1. The molecule has 0 aliphatic heterocycles. The van der Waals surface area contributed by atoms with Crippen molar-refractivity contribution >= 4 is 0 Å². The first-order chi connectivity index (χ1) is 9.29. The number of hydrogen-bond donors (Lipinski definition) is 1. The van der Waals surface area contributed by atoms with Gasteiger partial charge < -0.3 is 14.3 Å². The van der Waals surface area contributed by atoms with Gasteiger partial charge in [-0.25, -0.2) is 0 Å². The molecular weight excluding hydrogens is 240 g/mol. The maximum Gasteiger partial charge on any atom is 0.119 e. The number of unbranched alkanes of at least 4 members (excludes halogenated alkanes) is 1. The predicted molar refractivity (Wildman–Crippen MR) is 74.2 cm³/mol. The molecule has 0 aliphatic rings. The summed E-state index contributed by atoms with van der Waals surface area (Å²) in [6, 6.07) is 9.50. The molecule has 0 fully saturated rings. The normalized spacial score (nSPS) is 12.3. The van der Waals surface area contributed by atoms with Gasteiger partial charge in [0.1, 0.15) is 5.75 Å². The Morgan fingerprint density at radius 1 is 1.21 bits per heavy atom. The van der Waals surface area contributed by atoms with Gasteiger partial charge >= 0.3 is 0 Å². The third-order valence-corrected chi connectivity index (χ3v) is 3.04. The Kier molecular flexibility index (Phi) is 5.04. The fourth-order valence-electron chi connectivity index (χ4n) is 1.87. The zero-order valence-corrected chi connectivity index (χ0v) is 11.2. The zero-order valence-electron chi connectivity index (χ0n) is 11.2. The van der Waals surface area contributed by atoms with E-state index >= 15 is 0 Å². The van der Waals surface area contributed by atoms with E-state index in [0.717, 1.165) is 36.3 Å². The molecule has 0 aliphatic carbocycles. The summed E-state index contributed by atoms with van der Waals surface area (Å²) < 4.78 is 10.6. The van der Waals surface area contributed by atoms with E-state index in [1.165, 1.54) is 0 Å². The molecule has 0 spiro atoms. The molecule has 0 saturated carbocycles. The van der Waals surface area contributed by atoms with E-state index in [2.05, 4.69) is 6.92 Å². The van der Waals surface area contributed by atoms with Gasteiger partial charge in [-0.3, -0.25) is 0 Å². The molecule has 1 heterocycles. The van der Waals surface area contributed by atoms with Crippen LogP contribution in [0.15, 0.2) is 47.3 Å². The molecule has 2 aromatic rings. The lowest BCUT2D eigenvalue weighted by atomic mass is 10.0. The minimum atomic E-state index is -0.512. The second-order valence-corrected chi connectivity index (χ2v) is 4.62. The van der Waals surface area contributed by atoms with Crippen molar-refractivity contribution in [3.8, 4) is 5.75 Å². The van der Waals surface area contributed by atoms with Crippen molar-refractivity contribution in [2.45, 2.75) is 32.3 Å². The van der Waals surface area contributed by atoms with Crippen LogP contribution in [-0.4, -0.2) is 11.7 Å². The lowest BCUT2D eigenvalue weighted by Gasteiger charge is -2.11. The highest BCUT2D eigenvalue weighted by Crippen LogP contribution is 2.21. The van der Waals surface area contributed by atoms with Gasteiger partial charge in [-0.2, -0.15) is 0 Å². The molecule has 1 aromatic heterocycles. The van der Waals surface area contributed by atoms with Crippen LogP contribution in [-0.2, 0) is 6.42 Å². The first-order valence-corrected chi connectivity index (χ1v) is 6.71. The van der Waals surface area contributed by atoms with E-state index in [1.54, 1.807) is 12.5 Å². The average Bonchev–Trinajstić information content (AvgIpc) is 2.93. The van der Waals surface area contributed by atoms with Crippen molar-refractivity contribution in [3.05, 3.63) is 54.0 Å². The lowest BCUT2D eigenvalue weighted by Crippen LogP contribution is -2.01. The minimum Gasteiger partial charge on any atom is -0.494 e. The van der Waals surface area contributed by atoms with Crippen LogP contribution in [0, 0.1) is 0 Å². The zero-order chi connectivity index (χ0) is 13.5. The number of ether oxygens (including phenoxy) is 1. The van der Waals surface area contributed by atoms with Gasteiger partial charge in [0.25, 0.3) is 0 Å². The topological polar surface area (TPSA) is 42.6 Å². The smallest absolute Gasteiger partial charge is 0.119 e. The van der Waals surface area contributed by atoms with Crippen LogP contribution in [0.5, 0.6) is 5.75 Å². The second-order valence-electron chi connectivity index (χ2n) is 4.62. The molecule has 0 radical (unpaired) electrons. The molecule has 1 atom stereocenters. The van der Waals surface area contributed by atoms with Crippen molar-refractivity contribution in [2.75, 3.05) is 6.61 Å². The number of hydrogen-bond acceptors (Lipinski definition) is 3. The Morgan fingerprint density at radius 3 is 2.63 bits per heavy atom. The van der Waals surface area contributed by atoms with E-state index in [1.807, 2.05) is 30.3 Å². The van der Waals surface area contributed by atoms with E-state index in [0.29, 0.717) is 6.42 Å². The van der Waals surface area contributed by atoms with Crippen LogP contribution in [0.2, 0.25) is 0 Å². The minimum absolute atomic E-state index is 0.512. The molecule has 0 saturated heterocycles. The molecule has 1 unspecified atom stereocenters. The SMILES string of the molecule is CCCCOc1ccc(C(O)Cc2ccoc2)cc1. The average molecular weight is 260 g/mol. The van der Waals surface area contributed by atoms with Gasteiger partial charge in [0, 0.05) is 6.42 Å². The fourth-order valence-corrected chi connectivity index (χ4v) is 1.87. The number of aliphatic hydroxyl groups excluding tert-OH is 1. The van der Waals surface area contributed by atoms with Gasteiger partial charge in [0.05, 0.1) is 25.2 Å². The van der Waals surface area contributed by atoms with E-state index in [-0.39, 0.29) is 0 Å². The van der Waals surface area contributed by atoms with Crippen molar-refractivity contribution < 1.29 is 14.3 Å². The fraction of sp³-hybridized carbons (Fsp3) is 0.375. The molecule has 1 aromatic carbocycles. The van der Waals surface area contributed by atoms with Crippen molar-refractivity contribution in [1.29, 1.82) is 0 Å². The summed E-state index contributed by atoms with van der Waals surface area (Å²) in [6.45, 7) is 2.88. The maximum atomic E-state index is 10.1. The molecule has 0 amide bonds. The maximum absolute atomic E-state index is 10.1. The van der Waals surface area contributed by atoms with Gasteiger partial charge in [-0.05, 0) is 35.7 Å².